The molecule has 0 aromatic carbocycles. The number of rotatable bonds is 3. The number of aromatic nitrogens is 3. The van der Waals surface area contributed by atoms with Crippen LogP contribution in [0.4, 0.5) is 5.69 Å². The predicted octanol–water partition coefficient (Wildman–Crippen LogP) is 0.229. The van der Waals surface area contributed by atoms with Gasteiger partial charge in [0.15, 0.2) is 0 Å². The van der Waals surface area contributed by atoms with E-state index < -0.39 is 0 Å². The van der Waals surface area contributed by atoms with Gasteiger partial charge in [-0.05, 0) is 6.92 Å². The van der Waals surface area contributed by atoms with Crippen LogP contribution in [0.25, 0.3) is 0 Å². The highest BCUT2D eigenvalue weighted by Gasteiger charge is 2.15. The molecule has 0 bridgehead atoms. The largest absolute Gasteiger partial charge is 0.444 e. The van der Waals surface area contributed by atoms with Crippen LogP contribution in [0.3, 0.4) is 0 Å². The van der Waals surface area contributed by atoms with Crippen molar-refractivity contribution in [1.29, 1.82) is 0 Å². The van der Waals surface area contributed by atoms with Gasteiger partial charge >= 0.3 is 0 Å². The molecule has 90 valence electrons. The van der Waals surface area contributed by atoms with Crippen LogP contribution < -0.4 is 11.1 Å². The Kier molecular flexibility index (Phi) is 2.82. The van der Waals surface area contributed by atoms with E-state index in [2.05, 4.69) is 15.4 Å². The summed E-state index contributed by atoms with van der Waals surface area (Å²) in [5, 5.41) is 6.55. The lowest BCUT2D eigenvalue weighted by Gasteiger charge is -2.03. The van der Waals surface area contributed by atoms with Crippen molar-refractivity contribution in [3.05, 3.63) is 29.7 Å². The van der Waals surface area contributed by atoms with Gasteiger partial charge in [-0.3, -0.25) is 9.48 Å². The van der Waals surface area contributed by atoms with E-state index in [9.17, 15) is 4.79 Å². The van der Waals surface area contributed by atoms with E-state index in [4.69, 9.17) is 10.2 Å². The molecule has 0 aliphatic heterocycles. The number of amides is 1. The molecule has 0 saturated heterocycles. The van der Waals surface area contributed by atoms with Gasteiger partial charge in [0.25, 0.3) is 5.91 Å². The molecule has 1 amide bonds. The Bertz CT molecular complexity index is 523. The molecule has 2 heterocycles. The maximum absolute atomic E-state index is 11.8. The summed E-state index contributed by atoms with van der Waals surface area (Å²) in [5.74, 6) is 0.851. The van der Waals surface area contributed by atoms with Crippen LogP contribution in [0, 0.1) is 6.92 Å². The highest BCUT2D eigenvalue weighted by molar-refractivity contribution is 5.97. The molecule has 0 aliphatic carbocycles. The number of carbonyl (C=O) groups excluding carboxylic acids is 1. The van der Waals surface area contributed by atoms with Gasteiger partial charge in [0.05, 0.1) is 24.6 Å². The lowest BCUT2D eigenvalue weighted by atomic mass is 10.3. The normalized spacial score (nSPS) is 10.5. The van der Waals surface area contributed by atoms with Crippen LogP contribution in [0.1, 0.15) is 22.1 Å². The van der Waals surface area contributed by atoms with E-state index in [0.29, 0.717) is 23.0 Å². The minimum atomic E-state index is -0.307. The van der Waals surface area contributed by atoms with E-state index in [-0.39, 0.29) is 12.5 Å². The van der Waals surface area contributed by atoms with Crippen LogP contribution in [0.15, 0.2) is 16.8 Å². The van der Waals surface area contributed by atoms with Crippen LogP contribution in [0.5, 0.6) is 0 Å². The second-order valence-corrected chi connectivity index (χ2v) is 3.62. The number of nitrogen functional groups attached to an aromatic ring is 1. The average Bonchev–Trinajstić information content (AvgIpc) is 2.83. The van der Waals surface area contributed by atoms with Crippen molar-refractivity contribution in [2.45, 2.75) is 13.5 Å². The zero-order valence-corrected chi connectivity index (χ0v) is 9.60. The van der Waals surface area contributed by atoms with Crippen molar-refractivity contribution in [3.63, 3.8) is 0 Å². The fourth-order valence-electron chi connectivity index (χ4n) is 1.46. The van der Waals surface area contributed by atoms with Gasteiger partial charge in [-0.1, -0.05) is 0 Å². The van der Waals surface area contributed by atoms with Gasteiger partial charge in [0, 0.05) is 7.05 Å². The molecule has 0 atom stereocenters. The molecule has 3 N–H and O–H groups in total. The highest BCUT2D eigenvalue weighted by atomic mass is 16.4. The van der Waals surface area contributed by atoms with Gasteiger partial charge in [-0.15, -0.1) is 0 Å². The van der Waals surface area contributed by atoms with Crippen molar-refractivity contribution in [3.8, 4) is 0 Å². The van der Waals surface area contributed by atoms with E-state index in [1.54, 1.807) is 20.2 Å². The summed E-state index contributed by atoms with van der Waals surface area (Å²) in [4.78, 5) is 15.8. The molecule has 0 aliphatic rings. The molecule has 0 radical (unpaired) electrons. The van der Waals surface area contributed by atoms with Gasteiger partial charge in [0.1, 0.15) is 11.5 Å². The third-order valence-electron chi connectivity index (χ3n) is 2.25. The summed E-state index contributed by atoms with van der Waals surface area (Å²) in [7, 11) is 1.65. The smallest absolute Gasteiger partial charge is 0.272 e. The van der Waals surface area contributed by atoms with Crippen molar-refractivity contribution >= 4 is 11.6 Å². The highest BCUT2D eigenvalue weighted by Crippen LogP contribution is 2.09. The van der Waals surface area contributed by atoms with Gasteiger partial charge in [-0.25, -0.2) is 4.98 Å². The van der Waals surface area contributed by atoms with E-state index in [0.717, 1.165) is 0 Å². The van der Waals surface area contributed by atoms with Crippen molar-refractivity contribution in [2.75, 3.05) is 5.73 Å². The number of hydrogen-bond donors (Lipinski definition) is 2. The third-order valence-corrected chi connectivity index (χ3v) is 2.25. The first-order valence-corrected chi connectivity index (χ1v) is 5.05. The quantitative estimate of drug-likeness (QED) is 0.793. The fraction of sp³-hybridized carbons (Fsp3) is 0.300. The predicted molar refractivity (Wildman–Crippen MR) is 60.0 cm³/mol. The van der Waals surface area contributed by atoms with Crippen LogP contribution in [-0.2, 0) is 13.6 Å². The number of nitrogens with zero attached hydrogens (tertiary/aromatic N) is 3. The Balaban J connectivity index is 2.03. The Labute approximate surface area is 97.6 Å². The minimum absolute atomic E-state index is 0.220. The molecule has 0 fully saturated rings. The average molecular weight is 235 g/mol. The molecule has 0 unspecified atom stereocenters. The zero-order valence-electron chi connectivity index (χ0n) is 9.60. The summed E-state index contributed by atoms with van der Waals surface area (Å²) in [5.41, 5.74) is 6.30. The van der Waals surface area contributed by atoms with Gasteiger partial charge < -0.3 is 15.5 Å². The topological polar surface area (TPSA) is 99.0 Å². The summed E-state index contributed by atoms with van der Waals surface area (Å²) in [6.45, 7) is 2.01. The molecular formula is C10H13N5O2. The van der Waals surface area contributed by atoms with Crippen molar-refractivity contribution in [1.82, 2.24) is 20.1 Å². The van der Waals surface area contributed by atoms with Crippen LogP contribution in [0.2, 0.25) is 0 Å². The molecule has 7 nitrogen and oxygen atoms in total. The second-order valence-electron chi connectivity index (χ2n) is 3.62. The minimum Gasteiger partial charge on any atom is -0.444 e. The van der Waals surface area contributed by atoms with Crippen LogP contribution in [-0.4, -0.2) is 20.7 Å². The Hall–Kier alpha value is -2.31. The maximum Gasteiger partial charge on any atom is 0.272 e. The Morgan fingerprint density at radius 1 is 1.59 bits per heavy atom. The number of carbonyl (C=O) groups is 1. The van der Waals surface area contributed by atoms with E-state index in [1.165, 1.54) is 10.9 Å². The number of oxazole rings is 1. The molecule has 2 aromatic rings. The number of anilines is 1. The molecule has 17 heavy (non-hydrogen) atoms. The lowest BCUT2D eigenvalue weighted by Crippen LogP contribution is -2.26. The fourth-order valence-corrected chi connectivity index (χ4v) is 1.46. The first-order valence-electron chi connectivity index (χ1n) is 5.05. The lowest BCUT2D eigenvalue weighted by molar-refractivity contribution is 0.0938. The van der Waals surface area contributed by atoms with E-state index in [1.807, 2.05) is 0 Å². The molecule has 7 heteroatoms. The Morgan fingerprint density at radius 2 is 2.35 bits per heavy atom. The summed E-state index contributed by atoms with van der Waals surface area (Å²) >= 11 is 0. The molecular weight excluding hydrogens is 222 g/mol. The first kappa shape index (κ1) is 11.2. The second kappa shape index (κ2) is 4.28. The van der Waals surface area contributed by atoms with Gasteiger partial charge in [0.2, 0.25) is 5.89 Å². The SMILES string of the molecule is Cc1cnc(CNC(=O)c2c(N)cnn2C)o1. The molecule has 0 spiro atoms. The number of nitrogens with two attached hydrogens (primary N) is 1. The Morgan fingerprint density at radius 3 is 2.88 bits per heavy atom. The first-order chi connectivity index (χ1) is 8.08. The number of nitrogens with one attached hydrogen (secondary N) is 1. The summed E-state index contributed by atoms with van der Waals surface area (Å²) in [6, 6.07) is 0. The van der Waals surface area contributed by atoms with Crippen LogP contribution >= 0.6 is 0 Å². The van der Waals surface area contributed by atoms with Crippen molar-refractivity contribution < 1.29 is 9.21 Å². The molecule has 0 saturated carbocycles. The standard InChI is InChI=1S/C10H13N5O2/c1-6-3-12-8(17-6)5-13-10(16)9-7(11)4-14-15(9)2/h3-4H,5,11H2,1-2H3,(H,13,16). The van der Waals surface area contributed by atoms with E-state index >= 15 is 0 Å². The van der Waals surface area contributed by atoms with Gasteiger partial charge in [-0.2, -0.15) is 5.10 Å². The molecule has 2 aromatic heterocycles. The molecule has 2 rings (SSSR count). The van der Waals surface area contributed by atoms with Crippen molar-refractivity contribution in [2.24, 2.45) is 7.05 Å². The monoisotopic (exact) mass is 235 g/mol. The number of hydrogen-bond acceptors (Lipinski definition) is 5. The summed E-state index contributed by atoms with van der Waals surface area (Å²) in [6.07, 6.45) is 3.03. The zero-order chi connectivity index (χ0) is 12.4. The number of aryl methyl sites for hydroxylation is 2. The maximum atomic E-state index is 11.8. The third kappa shape index (κ3) is 2.27. The summed E-state index contributed by atoms with van der Waals surface area (Å²) < 4.78 is 6.65.